The molecule has 3 fully saturated rings. The number of rotatable bonds is 5. The van der Waals surface area contributed by atoms with Crippen LogP contribution in [0.3, 0.4) is 0 Å². The lowest BCUT2D eigenvalue weighted by Gasteiger charge is -2.46. The molecule has 0 N–H and O–H groups in total. The Morgan fingerprint density at radius 2 is 2.00 bits per heavy atom. The maximum Gasteiger partial charge on any atom is 0.334 e. The second-order valence-corrected chi connectivity index (χ2v) is 12.3. The molecule has 0 amide bonds. The van der Waals surface area contributed by atoms with Crippen LogP contribution < -0.4 is 0 Å². The molecular weight excluding hydrogens is 424 g/mol. The van der Waals surface area contributed by atoms with Gasteiger partial charge in [0.1, 0.15) is 12.2 Å². The van der Waals surface area contributed by atoms with Crippen molar-refractivity contribution in [2.24, 2.45) is 34.5 Å². The molecule has 184 valence electrons. The number of esters is 2. The van der Waals surface area contributed by atoms with Crippen LogP contribution in [0.1, 0.15) is 79.1 Å². The lowest BCUT2D eigenvalue weighted by atomic mass is 9.59. The molecule has 0 radical (unpaired) electrons. The number of ether oxygens (including phenoxy) is 2. The number of carbonyl (C=O) groups is 2. The van der Waals surface area contributed by atoms with E-state index in [-0.39, 0.29) is 52.7 Å². The van der Waals surface area contributed by atoms with Gasteiger partial charge < -0.3 is 9.47 Å². The summed E-state index contributed by atoms with van der Waals surface area (Å²) in [5, 5.41) is 0. The number of hydrogen-bond donors (Lipinski definition) is 0. The first-order chi connectivity index (χ1) is 16.1. The molecular formula is C30H40O4. The number of carbonyl (C=O) groups excluding carboxylic acids is 2. The summed E-state index contributed by atoms with van der Waals surface area (Å²) in [5.74, 6) is 0.496. The van der Waals surface area contributed by atoms with E-state index in [9.17, 15) is 9.59 Å². The van der Waals surface area contributed by atoms with Crippen LogP contribution in [0.2, 0.25) is 0 Å². The monoisotopic (exact) mass is 464 g/mol. The van der Waals surface area contributed by atoms with Crippen molar-refractivity contribution >= 4 is 11.9 Å². The fourth-order valence-corrected chi connectivity index (χ4v) is 7.91. The van der Waals surface area contributed by atoms with Crippen molar-refractivity contribution in [3.63, 3.8) is 0 Å². The van der Waals surface area contributed by atoms with E-state index in [1.165, 1.54) is 24.8 Å². The van der Waals surface area contributed by atoms with Crippen LogP contribution in [0, 0.1) is 34.5 Å². The Bertz CT molecular complexity index is 1000. The quantitative estimate of drug-likeness (QED) is 0.345. The lowest BCUT2D eigenvalue weighted by Crippen LogP contribution is -2.38. The summed E-state index contributed by atoms with van der Waals surface area (Å²) in [7, 11) is 0. The van der Waals surface area contributed by atoms with E-state index in [1.54, 1.807) is 0 Å². The SMILES string of the molecule is C=CC1(C)CC2OC(=O)C(CCC3C(=O)OC4CC5(C)CCCC(C)C5=CC43)=C2CC1C(=C)C. The molecule has 0 spiro atoms. The summed E-state index contributed by atoms with van der Waals surface area (Å²) in [5.41, 5.74) is 4.60. The second-order valence-electron chi connectivity index (χ2n) is 12.3. The van der Waals surface area contributed by atoms with Crippen molar-refractivity contribution in [2.75, 3.05) is 0 Å². The highest BCUT2D eigenvalue weighted by atomic mass is 16.6. The summed E-state index contributed by atoms with van der Waals surface area (Å²) in [6, 6.07) is 0. The van der Waals surface area contributed by atoms with E-state index in [2.05, 4.69) is 46.9 Å². The van der Waals surface area contributed by atoms with Crippen LogP contribution in [-0.4, -0.2) is 24.1 Å². The predicted octanol–water partition coefficient (Wildman–Crippen LogP) is 6.48. The fourth-order valence-electron chi connectivity index (χ4n) is 7.91. The van der Waals surface area contributed by atoms with Gasteiger partial charge in [0.15, 0.2) is 0 Å². The van der Waals surface area contributed by atoms with Crippen molar-refractivity contribution in [1.29, 1.82) is 0 Å². The smallest absolute Gasteiger partial charge is 0.334 e. The zero-order chi connectivity index (χ0) is 24.4. The summed E-state index contributed by atoms with van der Waals surface area (Å²) in [6.45, 7) is 17.2. The first-order valence-corrected chi connectivity index (χ1v) is 13.2. The molecule has 2 aliphatic heterocycles. The molecule has 2 saturated carbocycles. The fraction of sp³-hybridized carbons (Fsp3) is 0.667. The molecule has 3 aliphatic carbocycles. The van der Waals surface area contributed by atoms with Gasteiger partial charge in [-0.15, -0.1) is 6.58 Å². The van der Waals surface area contributed by atoms with E-state index in [0.29, 0.717) is 18.8 Å². The van der Waals surface area contributed by atoms with Crippen molar-refractivity contribution in [3.8, 4) is 0 Å². The Labute approximate surface area is 204 Å². The summed E-state index contributed by atoms with van der Waals surface area (Å²) >= 11 is 0. The molecule has 0 bridgehead atoms. The Balaban J connectivity index is 1.37. The van der Waals surface area contributed by atoms with Gasteiger partial charge in [-0.25, -0.2) is 4.79 Å². The van der Waals surface area contributed by atoms with Gasteiger partial charge >= 0.3 is 11.9 Å². The molecule has 5 rings (SSSR count). The van der Waals surface area contributed by atoms with Crippen molar-refractivity contribution in [1.82, 2.24) is 0 Å². The van der Waals surface area contributed by atoms with Crippen LogP contribution in [0.4, 0.5) is 0 Å². The van der Waals surface area contributed by atoms with Gasteiger partial charge in [-0.3, -0.25) is 4.79 Å². The van der Waals surface area contributed by atoms with E-state index >= 15 is 0 Å². The molecule has 8 unspecified atom stereocenters. The molecule has 1 saturated heterocycles. The van der Waals surface area contributed by atoms with Crippen LogP contribution in [0.15, 0.2) is 47.6 Å². The maximum absolute atomic E-state index is 13.0. The van der Waals surface area contributed by atoms with Gasteiger partial charge in [-0.05, 0) is 80.1 Å². The van der Waals surface area contributed by atoms with Gasteiger partial charge in [-0.1, -0.05) is 57.1 Å². The highest BCUT2D eigenvalue weighted by Crippen LogP contribution is 2.55. The van der Waals surface area contributed by atoms with E-state index in [1.807, 2.05) is 6.08 Å². The zero-order valence-corrected chi connectivity index (χ0v) is 21.3. The largest absolute Gasteiger partial charge is 0.461 e. The van der Waals surface area contributed by atoms with Crippen molar-refractivity contribution in [3.05, 3.63) is 47.6 Å². The standard InChI is InChI=1S/C30H40O4/c1-7-29(5)15-25-21(13-23(29)17(2)3)19(27(31)33-25)10-11-20-22-14-24-18(4)9-8-12-30(24,6)16-26(22)34-28(20)32/h7,14,18,20,22-23,25-26H,1-2,8-13,15-16H2,3-6H3. The van der Waals surface area contributed by atoms with Crippen LogP contribution in [0.25, 0.3) is 0 Å². The number of allylic oxidation sites excluding steroid dienone is 3. The van der Waals surface area contributed by atoms with Crippen LogP contribution in [-0.2, 0) is 19.1 Å². The van der Waals surface area contributed by atoms with Crippen LogP contribution in [0.5, 0.6) is 0 Å². The molecule has 4 nitrogen and oxygen atoms in total. The first kappa shape index (κ1) is 23.6. The third-order valence-electron chi connectivity index (χ3n) is 9.97. The topological polar surface area (TPSA) is 52.6 Å². The minimum Gasteiger partial charge on any atom is -0.461 e. The Hall–Kier alpha value is -2.10. The van der Waals surface area contributed by atoms with Gasteiger partial charge in [0.05, 0.1) is 5.92 Å². The first-order valence-electron chi connectivity index (χ1n) is 13.2. The van der Waals surface area contributed by atoms with E-state index < -0.39 is 0 Å². The Kier molecular flexibility index (Phi) is 5.73. The second kappa shape index (κ2) is 8.24. The van der Waals surface area contributed by atoms with Gasteiger partial charge in [0, 0.05) is 11.5 Å². The summed E-state index contributed by atoms with van der Waals surface area (Å²) < 4.78 is 11.8. The zero-order valence-electron chi connectivity index (χ0n) is 21.3. The normalized spacial score (nSPS) is 43.4. The third kappa shape index (κ3) is 3.63. The average Bonchev–Trinajstić information content (AvgIpc) is 3.23. The minimum atomic E-state index is -0.202. The molecule has 2 heterocycles. The molecule has 0 aromatic heterocycles. The molecule has 34 heavy (non-hydrogen) atoms. The molecule has 4 heteroatoms. The van der Waals surface area contributed by atoms with E-state index in [4.69, 9.17) is 9.47 Å². The summed E-state index contributed by atoms with van der Waals surface area (Å²) in [6.07, 6.45) is 11.6. The molecule has 8 atom stereocenters. The van der Waals surface area contributed by atoms with Crippen molar-refractivity contribution in [2.45, 2.75) is 91.3 Å². The van der Waals surface area contributed by atoms with Crippen molar-refractivity contribution < 1.29 is 19.1 Å². The molecule has 0 aromatic carbocycles. The molecule has 0 aromatic rings. The molecule has 5 aliphatic rings. The van der Waals surface area contributed by atoms with Gasteiger partial charge in [-0.2, -0.15) is 0 Å². The Morgan fingerprint density at radius 3 is 2.71 bits per heavy atom. The van der Waals surface area contributed by atoms with Crippen LogP contribution >= 0.6 is 0 Å². The highest BCUT2D eigenvalue weighted by Gasteiger charge is 2.52. The number of fused-ring (bicyclic) bond motifs is 3. The summed E-state index contributed by atoms with van der Waals surface area (Å²) in [4.78, 5) is 25.9. The number of hydrogen-bond acceptors (Lipinski definition) is 4. The van der Waals surface area contributed by atoms with Gasteiger partial charge in [0.25, 0.3) is 0 Å². The Morgan fingerprint density at radius 1 is 1.24 bits per heavy atom. The minimum absolute atomic E-state index is 0.0201. The predicted molar refractivity (Wildman–Crippen MR) is 133 cm³/mol. The average molecular weight is 465 g/mol. The van der Waals surface area contributed by atoms with E-state index in [0.717, 1.165) is 36.0 Å². The lowest BCUT2D eigenvalue weighted by molar-refractivity contribution is -0.146. The third-order valence-corrected chi connectivity index (χ3v) is 9.97. The van der Waals surface area contributed by atoms with Gasteiger partial charge in [0.2, 0.25) is 0 Å². The highest BCUT2D eigenvalue weighted by molar-refractivity contribution is 5.92. The maximum atomic E-state index is 13.0.